The van der Waals surface area contributed by atoms with Crippen molar-refractivity contribution in [3.8, 4) is 0 Å². The van der Waals surface area contributed by atoms with Crippen molar-refractivity contribution in [1.82, 2.24) is 10.2 Å². The van der Waals surface area contributed by atoms with Gasteiger partial charge in [-0.1, -0.05) is 13.8 Å². The Morgan fingerprint density at radius 2 is 2.37 bits per heavy atom. The van der Waals surface area contributed by atoms with Crippen molar-refractivity contribution in [3.05, 3.63) is 22.4 Å². The summed E-state index contributed by atoms with van der Waals surface area (Å²) < 4.78 is 0. The summed E-state index contributed by atoms with van der Waals surface area (Å²) in [6.07, 6.45) is 3.66. The van der Waals surface area contributed by atoms with Crippen LogP contribution in [0.4, 0.5) is 0 Å². The highest BCUT2D eigenvalue weighted by molar-refractivity contribution is 7.07. The van der Waals surface area contributed by atoms with Crippen LogP contribution < -0.4 is 5.32 Å². The van der Waals surface area contributed by atoms with Gasteiger partial charge in [0.2, 0.25) is 5.91 Å². The third kappa shape index (κ3) is 2.56. The first kappa shape index (κ1) is 13.1. The lowest BCUT2D eigenvalue weighted by atomic mass is 9.95. The van der Waals surface area contributed by atoms with Crippen LogP contribution in [0.3, 0.4) is 0 Å². The topological polar surface area (TPSA) is 32.3 Å². The van der Waals surface area contributed by atoms with Gasteiger partial charge < -0.3 is 5.32 Å². The molecule has 3 atom stereocenters. The number of nitrogens with zero attached hydrogens (tertiary/aromatic N) is 1. The van der Waals surface area contributed by atoms with E-state index in [1.807, 2.05) is 13.8 Å². The van der Waals surface area contributed by atoms with Gasteiger partial charge in [0.05, 0.1) is 0 Å². The van der Waals surface area contributed by atoms with Crippen LogP contribution >= 0.6 is 11.3 Å². The molecule has 1 amide bonds. The molecular formula is C15H22N2OS. The van der Waals surface area contributed by atoms with Crippen LogP contribution in [0.1, 0.15) is 38.7 Å². The zero-order valence-corrected chi connectivity index (χ0v) is 12.5. The molecule has 4 heteroatoms. The number of fused-ring (bicyclic) bond motifs is 2. The second kappa shape index (κ2) is 5.25. The first-order valence-corrected chi connectivity index (χ1v) is 8.16. The van der Waals surface area contributed by atoms with Gasteiger partial charge in [0.1, 0.15) is 0 Å². The predicted molar refractivity (Wildman–Crippen MR) is 78.1 cm³/mol. The van der Waals surface area contributed by atoms with E-state index in [0.717, 1.165) is 13.0 Å². The molecule has 2 saturated heterocycles. The SMILES string of the molecule is CC(C)C(=O)N[C@@H]1CC2CCC1N2Cc1ccsc1. The van der Waals surface area contributed by atoms with Gasteiger partial charge in [0, 0.05) is 30.6 Å². The molecule has 0 aromatic carbocycles. The molecule has 1 N–H and O–H groups in total. The summed E-state index contributed by atoms with van der Waals surface area (Å²) in [5.41, 5.74) is 1.41. The molecule has 2 aliphatic heterocycles. The molecule has 0 spiro atoms. The minimum Gasteiger partial charge on any atom is -0.352 e. The highest BCUT2D eigenvalue weighted by Crippen LogP contribution is 2.39. The number of nitrogens with one attached hydrogen (secondary N) is 1. The maximum absolute atomic E-state index is 11.9. The Labute approximate surface area is 119 Å². The third-order valence-corrected chi connectivity index (χ3v) is 5.21. The minimum atomic E-state index is 0.0875. The van der Waals surface area contributed by atoms with Crippen LogP contribution in [0.5, 0.6) is 0 Å². The zero-order valence-electron chi connectivity index (χ0n) is 11.6. The maximum Gasteiger partial charge on any atom is 0.222 e. The summed E-state index contributed by atoms with van der Waals surface area (Å²) in [5, 5.41) is 7.62. The monoisotopic (exact) mass is 278 g/mol. The molecule has 1 aromatic heterocycles. The summed E-state index contributed by atoms with van der Waals surface area (Å²) in [6, 6.07) is 3.80. The molecule has 3 heterocycles. The van der Waals surface area contributed by atoms with Crippen molar-refractivity contribution in [1.29, 1.82) is 0 Å². The molecule has 0 aliphatic carbocycles. The smallest absolute Gasteiger partial charge is 0.222 e. The molecule has 3 rings (SSSR count). The van der Waals surface area contributed by atoms with E-state index in [4.69, 9.17) is 0 Å². The lowest BCUT2D eigenvalue weighted by Gasteiger charge is -2.25. The van der Waals surface area contributed by atoms with E-state index >= 15 is 0 Å². The minimum absolute atomic E-state index is 0.0875. The average Bonchev–Trinajstić information content (AvgIpc) is 3.07. The van der Waals surface area contributed by atoms with Gasteiger partial charge in [-0.15, -0.1) is 0 Å². The second-order valence-corrected chi connectivity index (χ2v) is 6.89. The Kier molecular flexibility index (Phi) is 3.63. The number of hydrogen-bond acceptors (Lipinski definition) is 3. The van der Waals surface area contributed by atoms with Gasteiger partial charge in [0.25, 0.3) is 0 Å². The standard InChI is InChI=1S/C15H22N2OS/c1-10(2)15(18)16-13-7-12-3-4-14(13)17(12)8-11-5-6-19-9-11/h5-6,9-10,12-14H,3-4,7-8H2,1-2H3,(H,16,18)/t12?,13-,14?/m1/s1. The summed E-state index contributed by atoms with van der Waals surface area (Å²) in [7, 11) is 0. The fraction of sp³-hybridized carbons (Fsp3) is 0.667. The number of amides is 1. The molecule has 104 valence electrons. The molecule has 19 heavy (non-hydrogen) atoms. The van der Waals surface area contributed by atoms with Crippen LogP contribution in [0, 0.1) is 5.92 Å². The first-order valence-electron chi connectivity index (χ1n) is 7.22. The predicted octanol–water partition coefficient (Wildman–Crippen LogP) is 2.63. The van der Waals surface area contributed by atoms with E-state index in [0.29, 0.717) is 18.1 Å². The number of carbonyl (C=O) groups excluding carboxylic acids is 1. The first-order chi connectivity index (χ1) is 9.15. The summed E-state index contributed by atoms with van der Waals surface area (Å²) >= 11 is 1.76. The van der Waals surface area contributed by atoms with E-state index in [1.165, 1.54) is 18.4 Å². The highest BCUT2D eigenvalue weighted by atomic mass is 32.1. The van der Waals surface area contributed by atoms with E-state index < -0.39 is 0 Å². The van der Waals surface area contributed by atoms with Crippen molar-refractivity contribution < 1.29 is 4.79 Å². The Morgan fingerprint density at radius 1 is 1.53 bits per heavy atom. The summed E-state index contributed by atoms with van der Waals surface area (Å²) in [4.78, 5) is 14.5. The molecule has 2 unspecified atom stereocenters. The summed E-state index contributed by atoms with van der Waals surface area (Å²) in [5.74, 6) is 0.289. The highest BCUT2D eigenvalue weighted by Gasteiger charge is 2.46. The maximum atomic E-state index is 11.9. The zero-order chi connectivity index (χ0) is 13.4. The van der Waals surface area contributed by atoms with E-state index in [9.17, 15) is 4.79 Å². The van der Waals surface area contributed by atoms with Gasteiger partial charge >= 0.3 is 0 Å². The lowest BCUT2D eigenvalue weighted by Crippen LogP contribution is -2.45. The molecule has 3 nitrogen and oxygen atoms in total. The Bertz CT molecular complexity index is 443. The van der Waals surface area contributed by atoms with Crippen LogP contribution in [-0.4, -0.2) is 28.9 Å². The fourth-order valence-electron chi connectivity index (χ4n) is 3.45. The van der Waals surface area contributed by atoms with Gasteiger partial charge in [-0.3, -0.25) is 9.69 Å². The molecular weight excluding hydrogens is 256 g/mol. The van der Waals surface area contributed by atoms with Crippen LogP contribution in [-0.2, 0) is 11.3 Å². The Balaban J connectivity index is 1.64. The van der Waals surface area contributed by atoms with E-state index in [-0.39, 0.29) is 11.8 Å². The van der Waals surface area contributed by atoms with Crippen LogP contribution in [0.25, 0.3) is 0 Å². The van der Waals surface area contributed by atoms with Gasteiger partial charge in [-0.25, -0.2) is 0 Å². The quantitative estimate of drug-likeness (QED) is 0.918. The molecule has 0 radical (unpaired) electrons. The van der Waals surface area contributed by atoms with Crippen molar-refractivity contribution in [2.24, 2.45) is 5.92 Å². The van der Waals surface area contributed by atoms with Crippen molar-refractivity contribution >= 4 is 17.2 Å². The second-order valence-electron chi connectivity index (χ2n) is 6.11. The molecule has 2 fully saturated rings. The lowest BCUT2D eigenvalue weighted by molar-refractivity contribution is -0.124. The molecule has 0 saturated carbocycles. The number of thiophene rings is 1. The molecule has 2 bridgehead atoms. The normalized spacial score (nSPS) is 30.2. The third-order valence-electron chi connectivity index (χ3n) is 4.48. The largest absolute Gasteiger partial charge is 0.352 e. The van der Waals surface area contributed by atoms with Gasteiger partial charge in [-0.2, -0.15) is 11.3 Å². The number of rotatable bonds is 4. The fourth-order valence-corrected chi connectivity index (χ4v) is 4.11. The summed E-state index contributed by atoms with van der Waals surface area (Å²) in [6.45, 7) is 4.98. The molecule has 2 aliphatic rings. The number of hydrogen-bond donors (Lipinski definition) is 1. The average molecular weight is 278 g/mol. The Morgan fingerprint density at radius 3 is 3.05 bits per heavy atom. The van der Waals surface area contributed by atoms with E-state index in [2.05, 4.69) is 27.0 Å². The van der Waals surface area contributed by atoms with Crippen molar-refractivity contribution in [2.75, 3.05) is 0 Å². The molecule has 1 aromatic rings. The van der Waals surface area contributed by atoms with Crippen molar-refractivity contribution in [2.45, 2.75) is 57.8 Å². The van der Waals surface area contributed by atoms with Crippen LogP contribution in [0.15, 0.2) is 16.8 Å². The van der Waals surface area contributed by atoms with E-state index in [1.54, 1.807) is 11.3 Å². The van der Waals surface area contributed by atoms with Crippen molar-refractivity contribution in [3.63, 3.8) is 0 Å². The van der Waals surface area contributed by atoms with Gasteiger partial charge in [-0.05, 0) is 41.7 Å². The number of carbonyl (C=O) groups is 1. The Hall–Kier alpha value is -0.870. The van der Waals surface area contributed by atoms with Gasteiger partial charge in [0.15, 0.2) is 0 Å². The van der Waals surface area contributed by atoms with Crippen LogP contribution in [0.2, 0.25) is 0 Å².